The van der Waals surface area contributed by atoms with Gasteiger partial charge in [0.1, 0.15) is 11.5 Å². The van der Waals surface area contributed by atoms with Crippen LogP contribution >= 0.6 is 0 Å². The van der Waals surface area contributed by atoms with Gasteiger partial charge in [0.25, 0.3) is 5.56 Å². The van der Waals surface area contributed by atoms with Crippen molar-refractivity contribution in [3.63, 3.8) is 0 Å². The van der Waals surface area contributed by atoms with Crippen LogP contribution in [-0.4, -0.2) is 17.0 Å². The van der Waals surface area contributed by atoms with Gasteiger partial charge in [-0.15, -0.1) is 0 Å². The molecular weight excluding hydrogens is 244 g/mol. The van der Waals surface area contributed by atoms with Gasteiger partial charge < -0.3 is 10.2 Å². The van der Waals surface area contributed by atoms with Crippen molar-refractivity contribution in [2.45, 2.75) is 13.8 Å². The molecule has 19 heavy (non-hydrogen) atoms. The minimum Gasteiger partial charge on any atom is -0.347 e. The zero-order valence-electron chi connectivity index (χ0n) is 11.1. The maximum Gasteiger partial charge on any atom is 0.327 e. The molecule has 3 rings (SSSR count). The number of nitrogens with zero attached hydrogens (tertiary/aromatic N) is 1. The predicted molar refractivity (Wildman–Crippen MR) is 74.2 cm³/mol. The minimum absolute atomic E-state index is 0.382. The number of likely N-dealkylation sites (N-methyl/N-ethyl adjacent to an activating group) is 1. The number of allylic oxidation sites excluding steroid dienone is 2. The molecule has 1 aromatic rings. The lowest BCUT2D eigenvalue weighted by Crippen LogP contribution is -2.37. The summed E-state index contributed by atoms with van der Waals surface area (Å²) in [5.41, 5.74) is 1.38. The molecule has 0 fully saturated rings. The molecule has 6 nitrogen and oxygen atoms in total. The average molecular weight is 260 g/mol. The summed E-state index contributed by atoms with van der Waals surface area (Å²) in [6, 6.07) is 0. The standard InChI is InChI=1S/C13H16N4O2/c1-6-4-8-9(5-7(6)2)17(3)11-10(14-8)12(18)16-13(19)15-11/h4-7,14H,1-3H3,(H2,15,16,18,19). The number of anilines is 2. The molecule has 2 aliphatic rings. The molecule has 6 heteroatoms. The first-order valence-corrected chi connectivity index (χ1v) is 6.28. The van der Waals surface area contributed by atoms with Gasteiger partial charge in [-0.1, -0.05) is 26.0 Å². The Morgan fingerprint density at radius 2 is 1.79 bits per heavy atom. The molecule has 0 amide bonds. The minimum atomic E-state index is -0.498. The molecule has 0 bridgehead atoms. The normalized spacial score (nSPS) is 24.9. The predicted octanol–water partition coefficient (Wildman–Crippen LogP) is 0.978. The van der Waals surface area contributed by atoms with Crippen molar-refractivity contribution in [2.24, 2.45) is 11.8 Å². The zero-order valence-corrected chi connectivity index (χ0v) is 11.1. The van der Waals surface area contributed by atoms with E-state index in [-0.39, 0.29) is 0 Å². The topological polar surface area (TPSA) is 81.0 Å². The second-order valence-corrected chi connectivity index (χ2v) is 5.17. The van der Waals surface area contributed by atoms with Gasteiger partial charge in [-0.05, 0) is 11.8 Å². The number of hydrogen-bond donors (Lipinski definition) is 3. The van der Waals surface area contributed by atoms with Crippen LogP contribution in [0.4, 0.5) is 11.5 Å². The molecule has 2 heterocycles. The van der Waals surface area contributed by atoms with Crippen molar-refractivity contribution in [1.82, 2.24) is 9.97 Å². The van der Waals surface area contributed by atoms with Crippen LogP contribution in [0.2, 0.25) is 0 Å². The number of nitrogens with one attached hydrogen (secondary N) is 3. The van der Waals surface area contributed by atoms with E-state index in [0.717, 1.165) is 11.4 Å². The Kier molecular flexibility index (Phi) is 2.41. The number of H-pyrrole nitrogens is 2. The number of fused-ring (bicyclic) bond motifs is 2. The maximum absolute atomic E-state index is 11.8. The highest BCUT2D eigenvalue weighted by molar-refractivity contribution is 5.76. The Morgan fingerprint density at radius 3 is 2.53 bits per heavy atom. The molecule has 0 spiro atoms. The van der Waals surface area contributed by atoms with E-state index in [1.54, 1.807) is 0 Å². The summed E-state index contributed by atoms with van der Waals surface area (Å²) in [5.74, 6) is 1.32. The van der Waals surface area contributed by atoms with E-state index in [0.29, 0.717) is 23.3 Å². The first kappa shape index (κ1) is 11.8. The van der Waals surface area contributed by atoms with Crippen molar-refractivity contribution >= 4 is 11.5 Å². The lowest BCUT2D eigenvalue weighted by Gasteiger charge is -2.35. The fourth-order valence-electron chi connectivity index (χ4n) is 2.49. The molecule has 2 atom stereocenters. The third-order valence-electron chi connectivity index (χ3n) is 3.83. The summed E-state index contributed by atoms with van der Waals surface area (Å²) in [5, 5.41) is 3.11. The van der Waals surface area contributed by atoms with Gasteiger partial charge in [0.2, 0.25) is 0 Å². The van der Waals surface area contributed by atoms with Crippen molar-refractivity contribution in [1.29, 1.82) is 0 Å². The molecule has 1 aliphatic heterocycles. The molecule has 0 aromatic carbocycles. The van der Waals surface area contributed by atoms with Gasteiger partial charge in [0.05, 0.1) is 11.4 Å². The molecular formula is C13H16N4O2. The summed E-state index contributed by atoms with van der Waals surface area (Å²) in [7, 11) is 1.84. The molecule has 1 aliphatic carbocycles. The van der Waals surface area contributed by atoms with Crippen LogP contribution in [0, 0.1) is 11.8 Å². The van der Waals surface area contributed by atoms with Crippen molar-refractivity contribution in [3.05, 3.63) is 44.4 Å². The molecule has 3 N–H and O–H groups in total. The second-order valence-electron chi connectivity index (χ2n) is 5.17. The van der Waals surface area contributed by atoms with Crippen LogP contribution < -0.4 is 21.5 Å². The van der Waals surface area contributed by atoms with Crippen LogP contribution in [0.15, 0.2) is 33.1 Å². The van der Waals surface area contributed by atoms with Gasteiger partial charge in [-0.2, -0.15) is 0 Å². The van der Waals surface area contributed by atoms with E-state index in [1.807, 2.05) is 11.9 Å². The maximum atomic E-state index is 11.8. The summed E-state index contributed by atoms with van der Waals surface area (Å²) in [6.45, 7) is 4.29. The van der Waals surface area contributed by atoms with E-state index in [1.165, 1.54) is 0 Å². The first-order chi connectivity index (χ1) is 8.97. The highest BCUT2D eigenvalue weighted by Crippen LogP contribution is 2.36. The van der Waals surface area contributed by atoms with E-state index in [9.17, 15) is 9.59 Å². The fraction of sp³-hybridized carbons (Fsp3) is 0.385. The Morgan fingerprint density at radius 1 is 1.11 bits per heavy atom. The van der Waals surface area contributed by atoms with Crippen LogP contribution in [0.25, 0.3) is 0 Å². The van der Waals surface area contributed by atoms with Gasteiger partial charge in [-0.3, -0.25) is 14.8 Å². The number of aromatic nitrogens is 2. The van der Waals surface area contributed by atoms with E-state index >= 15 is 0 Å². The first-order valence-electron chi connectivity index (χ1n) is 6.28. The molecule has 2 unspecified atom stereocenters. The highest BCUT2D eigenvalue weighted by atomic mass is 16.2. The molecule has 100 valence electrons. The summed E-state index contributed by atoms with van der Waals surface area (Å²) < 4.78 is 0. The van der Waals surface area contributed by atoms with Crippen molar-refractivity contribution in [2.75, 3.05) is 17.3 Å². The molecule has 0 saturated heterocycles. The van der Waals surface area contributed by atoms with E-state index < -0.39 is 11.2 Å². The summed E-state index contributed by atoms with van der Waals surface area (Å²) >= 11 is 0. The fourth-order valence-corrected chi connectivity index (χ4v) is 2.49. The Hall–Kier alpha value is -2.24. The van der Waals surface area contributed by atoms with Gasteiger partial charge in [0.15, 0.2) is 0 Å². The second kappa shape index (κ2) is 3.88. The van der Waals surface area contributed by atoms with Gasteiger partial charge in [-0.25, -0.2) is 4.79 Å². The van der Waals surface area contributed by atoms with Crippen LogP contribution in [0.1, 0.15) is 13.8 Å². The quantitative estimate of drug-likeness (QED) is 0.649. The highest BCUT2D eigenvalue weighted by Gasteiger charge is 2.29. The van der Waals surface area contributed by atoms with E-state index in [4.69, 9.17) is 0 Å². The molecule has 1 aromatic heterocycles. The smallest absolute Gasteiger partial charge is 0.327 e. The number of aromatic amines is 2. The number of rotatable bonds is 0. The van der Waals surface area contributed by atoms with E-state index in [2.05, 4.69) is 41.3 Å². The Labute approximate surface area is 109 Å². The third-order valence-corrected chi connectivity index (χ3v) is 3.83. The largest absolute Gasteiger partial charge is 0.347 e. The Bertz CT molecular complexity index is 710. The molecule has 0 saturated carbocycles. The van der Waals surface area contributed by atoms with Crippen molar-refractivity contribution < 1.29 is 0 Å². The van der Waals surface area contributed by atoms with Gasteiger partial charge in [0, 0.05) is 7.05 Å². The summed E-state index contributed by atoms with van der Waals surface area (Å²) in [6.07, 6.45) is 4.26. The van der Waals surface area contributed by atoms with Crippen LogP contribution in [0.3, 0.4) is 0 Å². The lowest BCUT2D eigenvalue weighted by atomic mass is 9.88. The van der Waals surface area contributed by atoms with Gasteiger partial charge >= 0.3 is 5.69 Å². The van der Waals surface area contributed by atoms with Crippen LogP contribution in [0.5, 0.6) is 0 Å². The lowest BCUT2D eigenvalue weighted by molar-refractivity contribution is 0.541. The Balaban J connectivity index is 2.22. The van der Waals surface area contributed by atoms with Crippen LogP contribution in [-0.2, 0) is 0 Å². The molecule has 0 radical (unpaired) electrons. The zero-order chi connectivity index (χ0) is 13.7. The third kappa shape index (κ3) is 1.71. The average Bonchev–Trinajstić information content (AvgIpc) is 2.34. The SMILES string of the molecule is CC1C=C2Nc3c([nH]c(=O)[nH]c3=O)N(C)C2=CC1C. The number of hydrogen-bond acceptors (Lipinski definition) is 4. The monoisotopic (exact) mass is 260 g/mol. The summed E-state index contributed by atoms with van der Waals surface area (Å²) in [4.78, 5) is 30.0. The van der Waals surface area contributed by atoms with Crippen molar-refractivity contribution in [3.8, 4) is 0 Å².